The summed E-state index contributed by atoms with van der Waals surface area (Å²) < 4.78 is 5.24. The van der Waals surface area contributed by atoms with Crippen molar-refractivity contribution in [1.82, 2.24) is 0 Å². The Labute approximate surface area is 81.3 Å². The molecule has 0 radical (unpaired) electrons. The molecule has 0 amide bonds. The van der Waals surface area contributed by atoms with Crippen molar-refractivity contribution in [3.63, 3.8) is 0 Å². The van der Waals surface area contributed by atoms with Gasteiger partial charge in [0, 0.05) is 19.1 Å². The third kappa shape index (κ3) is 2.66. The van der Waals surface area contributed by atoms with Crippen LogP contribution in [0, 0.1) is 5.41 Å². The highest BCUT2D eigenvalue weighted by molar-refractivity contribution is 4.92. The topological polar surface area (TPSA) is 55.5 Å². The van der Waals surface area contributed by atoms with Gasteiger partial charge in [0.15, 0.2) is 0 Å². The van der Waals surface area contributed by atoms with Crippen LogP contribution < -0.4 is 5.73 Å². The van der Waals surface area contributed by atoms with E-state index in [2.05, 4.69) is 0 Å². The lowest BCUT2D eigenvalue weighted by molar-refractivity contribution is -0.127. The van der Waals surface area contributed by atoms with Crippen molar-refractivity contribution in [3.8, 4) is 0 Å². The van der Waals surface area contributed by atoms with Crippen LogP contribution in [-0.2, 0) is 4.74 Å². The van der Waals surface area contributed by atoms with Gasteiger partial charge in [0.2, 0.25) is 0 Å². The number of methoxy groups -OCH3 is 1. The van der Waals surface area contributed by atoms with E-state index in [1.54, 1.807) is 7.11 Å². The summed E-state index contributed by atoms with van der Waals surface area (Å²) in [6.07, 6.45) is 0.303. The molecule has 80 valence electrons. The smallest absolute Gasteiger partial charge is 0.0889 e. The van der Waals surface area contributed by atoms with Crippen LogP contribution in [0.4, 0.5) is 0 Å². The third-order valence-electron chi connectivity index (χ3n) is 3.12. The summed E-state index contributed by atoms with van der Waals surface area (Å²) in [6, 6.07) is 0. The molecule has 0 bridgehead atoms. The minimum atomic E-state index is -0.542. The monoisotopic (exact) mass is 189 g/mol. The number of ether oxygens (including phenoxy) is 1. The molecule has 0 fully saturated rings. The summed E-state index contributed by atoms with van der Waals surface area (Å²) in [4.78, 5) is 0. The number of hydrogen-bond donors (Lipinski definition) is 2. The first-order valence-corrected chi connectivity index (χ1v) is 4.77. The Hall–Kier alpha value is -0.120. The van der Waals surface area contributed by atoms with Crippen molar-refractivity contribution in [2.24, 2.45) is 11.1 Å². The van der Waals surface area contributed by atoms with Crippen LogP contribution in [0.15, 0.2) is 0 Å². The van der Waals surface area contributed by atoms with Crippen LogP contribution in [0.2, 0.25) is 0 Å². The van der Waals surface area contributed by atoms with Crippen LogP contribution in [0.1, 0.15) is 34.1 Å². The molecule has 2 unspecified atom stereocenters. The predicted octanol–water partition coefficient (Wildman–Crippen LogP) is 1.15. The molecule has 0 aliphatic carbocycles. The van der Waals surface area contributed by atoms with Crippen molar-refractivity contribution >= 4 is 0 Å². The lowest BCUT2D eigenvalue weighted by Crippen LogP contribution is -2.51. The Bertz CT molecular complexity index is 153. The Morgan fingerprint density at radius 2 is 1.85 bits per heavy atom. The zero-order valence-electron chi connectivity index (χ0n) is 9.42. The zero-order chi connectivity index (χ0) is 10.7. The predicted molar refractivity (Wildman–Crippen MR) is 54.5 cm³/mol. The summed E-state index contributed by atoms with van der Waals surface area (Å²) in [5.74, 6) is 0. The standard InChI is InChI=1S/C10H23NO2/c1-6-10(4,7-11)8(12)9(2,3)13-5/h8,12H,6-7,11H2,1-5H3. The molecule has 2 atom stereocenters. The van der Waals surface area contributed by atoms with Crippen molar-refractivity contribution in [1.29, 1.82) is 0 Å². The minimum Gasteiger partial charge on any atom is -0.390 e. The van der Waals surface area contributed by atoms with Crippen molar-refractivity contribution in [2.45, 2.75) is 45.8 Å². The zero-order valence-corrected chi connectivity index (χ0v) is 9.42. The maximum Gasteiger partial charge on any atom is 0.0889 e. The molecule has 3 heteroatoms. The quantitative estimate of drug-likeness (QED) is 0.682. The molecular weight excluding hydrogens is 166 g/mol. The van der Waals surface area contributed by atoms with E-state index in [9.17, 15) is 5.11 Å². The van der Waals surface area contributed by atoms with Crippen LogP contribution >= 0.6 is 0 Å². The number of aliphatic hydroxyl groups excluding tert-OH is 1. The molecule has 0 heterocycles. The highest BCUT2D eigenvalue weighted by Crippen LogP contribution is 2.32. The van der Waals surface area contributed by atoms with E-state index in [0.717, 1.165) is 6.42 Å². The molecule has 0 spiro atoms. The lowest BCUT2D eigenvalue weighted by atomic mass is 9.75. The average Bonchev–Trinajstić information content (AvgIpc) is 2.15. The average molecular weight is 189 g/mol. The first-order valence-electron chi connectivity index (χ1n) is 4.77. The van der Waals surface area contributed by atoms with Gasteiger partial charge in [-0.15, -0.1) is 0 Å². The van der Waals surface area contributed by atoms with Gasteiger partial charge in [0.05, 0.1) is 11.7 Å². The highest BCUT2D eigenvalue weighted by atomic mass is 16.5. The van der Waals surface area contributed by atoms with Gasteiger partial charge in [-0.05, 0) is 20.3 Å². The molecule has 0 aromatic carbocycles. The lowest BCUT2D eigenvalue weighted by Gasteiger charge is -2.41. The van der Waals surface area contributed by atoms with E-state index in [1.165, 1.54) is 0 Å². The molecule has 3 nitrogen and oxygen atoms in total. The van der Waals surface area contributed by atoms with Gasteiger partial charge in [-0.3, -0.25) is 0 Å². The van der Waals surface area contributed by atoms with Crippen molar-refractivity contribution < 1.29 is 9.84 Å². The molecule has 0 aromatic heterocycles. The second-order valence-corrected chi connectivity index (χ2v) is 4.42. The molecular formula is C10H23NO2. The Kier molecular flexibility index (Phi) is 4.36. The number of aliphatic hydroxyl groups is 1. The van der Waals surface area contributed by atoms with Gasteiger partial charge in [-0.1, -0.05) is 13.8 Å². The largest absolute Gasteiger partial charge is 0.390 e. The molecule has 0 rings (SSSR count). The fraction of sp³-hybridized carbons (Fsp3) is 1.00. The van der Waals surface area contributed by atoms with Gasteiger partial charge in [0.1, 0.15) is 0 Å². The number of hydrogen-bond acceptors (Lipinski definition) is 3. The Morgan fingerprint density at radius 1 is 1.38 bits per heavy atom. The van der Waals surface area contributed by atoms with Gasteiger partial charge in [0.25, 0.3) is 0 Å². The normalized spacial score (nSPS) is 19.6. The van der Waals surface area contributed by atoms with Gasteiger partial charge in [-0.25, -0.2) is 0 Å². The number of nitrogens with two attached hydrogens (primary N) is 1. The maximum atomic E-state index is 10.1. The summed E-state index contributed by atoms with van der Waals surface area (Å²) in [5, 5.41) is 10.1. The van der Waals surface area contributed by atoms with Crippen LogP contribution in [-0.4, -0.2) is 30.5 Å². The summed E-state index contributed by atoms with van der Waals surface area (Å²) in [6.45, 7) is 8.24. The van der Waals surface area contributed by atoms with E-state index in [4.69, 9.17) is 10.5 Å². The van der Waals surface area contributed by atoms with Crippen LogP contribution in [0.3, 0.4) is 0 Å². The molecule has 13 heavy (non-hydrogen) atoms. The molecule has 0 aliphatic rings. The van der Waals surface area contributed by atoms with E-state index >= 15 is 0 Å². The second kappa shape index (κ2) is 4.40. The molecule has 0 aliphatic heterocycles. The van der Waals surface area contributed by atoms with Crippen molar-refractivity contribution in [2.75, 3.05) is 13.7 Å². The molecule has 0 aromatic rings. The minimum absolute atomic E-state index is 0.264. The fourth-order valence-electron chi connectivity index (χ4n) is 1.40. The van der Waals surface area contributed by atoms with E-state index in [0.29, 0.717) is 6.54 Å². The van der Waals surface area contributed by atoms with Gasteiger partial charge in [-0.2, -0.15) is 0 Å². The van der Waals surface area contributed by atoms with Crippen molar-refractivity contribution in [3.05, 3.63) is 0 Å². The third-order valence-corrected chi connectivity index (χ3v) is 3.12. The SMILES string of the molecule is CCC(C)(CN)C(O)C(C)(C)OC. The summed E-state index contributed by atoms with van der Waals surface area (Å²) >= 11 is 0. The maximum absolute atomic E-state index is 10.1. The summed E-state index contributed by atoms with van der Waals surface area (Å²) in [7, 11) is 1.61. The Morgan fingerprint density at radius 3 is 2.08 bits per heavy atom. The highest BCUT2D eigenvalue weighted by Gasteiger charge is 2.40. The Balaban J connectivity index is 4.64. The first kappa shape index (κ1) is 12.9. The van der Waals surface area contributed by atoms with Crippen LogP contribution in [0.5, 0.6) is 0 Å². The number of rotatable bonds is 5. The summed E-state index contributed by atoms with van der Waals surface area (Å²) in [5.41, 5.74) is 4.85. The van der Waals surface area contributed by atoms with Gasteiger partial charge >= 0.3 is 0 Å². The van der Waals surface area contributed by atoms with E-state index in [-0.39, 0.29) is 5.41 Å². The van der Waals surface area contributed by atoms with Gasteiger partial charge < -0.3 is 15.6 Å². The van der Waals surface area contributed by atoms with E-state index in [1.807, 2.05) is 27.7 Å². The molecule has 3 N–H and O–H groups in total. The van der Waals surface area contributed by atoms with Crippen LogP contribution in [0.25, 0.3) is 0 Å². The molecule has 0 saturated heterocycles. The second-order valence-electron chi connectivity index (χ2n) is 4.42. The van der Waals surface area contributed by atoms with E-state index < -0.39 is 11.7 Å². The molecule has 0 saturated carbocycles. The fourth-order valence-corrected chi connectivity index (χ4v) is 1.40. The first-order chi connectivity index (χ1) is 5.84.